The molecule has 0 bridgehead atoms. The van der Waals surface area contributed by atoms with E-state index < -0.39 is 5.92 Å². The lowest BCUT2D eigenvalue weighted by atomic mass is 10.1. The van der Waals surface area contributed by atoms with Gasteiger partial charge >= 0.3 is 0 Å². The molecule has 3 aromatic heterocycles. The predicted octanol–water partition coefficient (Wildman–Crippen LogP) is 3.85. The van der Waals surface area contributed by atoms with Gasteiger partial charge in [-0.2, -0.15) is 5.10 Å². The summed E-state index contributed by atoms with van der Waals surface area (Å²) in [6.07, 6.45) is 4.07. The van der Waals surface area contributed by atoms with Crippen molar-refractivity contribution in [2.75, 3.05) is 13.1 Å². The first kappa shape index (κ1) is 18.5. The number of carbonyl (C=O) groups excluding carboxylic acids is 1. The minimum absolute atomic E-state index is 0.000113. The van der Waals surface area contributed by atoms with Gasteiger partial charge in [0.15, 0.2) is 5.69 Å². The van der Waals surface area contributed by atoms with Crippen LogP contribution in [-0.4, -0.2) is 49.6 Å². The van der Waals surface area contributed by atoms with Crippen LogP contribution in [0.5, 0.6) is 0 Å². The van der Waals surface area contributed by atoms with Crippen molar-refractivity contribution in [3.05, 3.63) is 59.6 Å². The molecule has 0 radical (unpaired) electrons. The zero-order valence-corrected chi connectivity index (χ0v) is 15.5. The van der Waals surface area contributed by atoms with E-state index in [1.807, 2.05) is 0 Å². The van der Waals surface area contributed by atoms with Crippen molar-refractivity contribution >= 4 is 17.5 Å². The summed E-state index contributed by atoms with van der Waals surface area (Å²) in [7, 11) is 0. The highest BCUT2D eigenvalue weighted by molar-refractivity contribution is 6.30. The van der Waals surface area contributed by atoms with Gasteiger partial charge in [-0.25, -0.2) is 13.5 Å². The van der Waals surface area contributed by atoms with Crippen LogP contribution in [0.25, 0.3) is 17.1 Å². The Hall–Kier alpha value is -2.87. The normalized spacial score (nSPS) is 16.2. The van der Waals surface area contributed by atoms with Gasteiger partial charge in [-0.1, -0.05) is 11.6 Å². The van der Waals surface area contributed by atoms with Crippen LogP contribution in [0.3, 0.4) is 0 Å². The van der Waals surface area contributed by atoms with Gasteiger partial charge in [0.25, 0.3) is 11.8 Å². The number of nitrogens with zero attached hydrogens (tertiary/aromatic N) is 5. The second kappa shape index (κ2) is 7.27. The Morgan fingerprint density at radius 1 is 1.14 bits per heavy atom. The Morgan fingerprint density at radius 3 is 2.57 bits per heavy atom. The molecule has 144 valence electrons. The number of aromatic nitrogens is 4. The number of amides is 1. The molecular weight excluding hydrogens is 388 g/mol. The highest BCUT2D eigenvalue weighted by Gasteiger charge is 2.36. The van der Waals surface area contributed by atoms with Gasteiger partial charge in [0.05, 0.1) is 28.3 Å². The highest BCUT2D eigenvalue weighted by Crippen LogP contribution is 2.29. The largest absolute Gasteiger partial charge is 0.337 e. The van der Waals surface area contributed by atoms with E-state index in [0.717, 1.165) is 0 Å². The summed E-state index contributed by atoms with van der Waals surface area (Å²) in [4.78, 5) is 22.6. The minimum atomic E-state index is -2.72. The monoisotopic (exact) mass is 403 g/mol. The van der Waals surface area contributed by atoms with E-state index in [0.29, 0.717) is 22.1 Å². The molecule has 1 aliphatic rings. The third kappa shape index (κ3) is 3.73. The van der Waals surface area contributed by atoms with Crippen LogP contribution in [0.1, 0.15) is 23.3 Å². The Labute approximate surface area is 164 Å². The molecule has 4 rings (SSSR count). The average Bonchev–Trinajstić information content (AvgIpc) is 3.14. The highest BCUT2D eigenvalue weighted by atomic mass is 35.5. The Bertz CT molecular complexity index is 981. The number of hydrogen-bond acceptors (Lipinski definition) is 4. The fraction of sp³-hybridized carbons (Fsp3) is 0.263. The van der Waals surface area contributed by atoms with Crippen molar-refractivity contribution in [2.24, 2.45) is 0 Å². The lowest BCUT2D eigenvalue weighted by Crippen LogP contribution is -2.42. The summed E-state index contributed by atoms with van der Waals surface area (Å²) in [5, 5.41) is 4.90. The van der Waals surface area contributed by atoms with Crippen LogP contribution in [0.4, 0.5) is 8.78 Å². The summed E-state index contributed by atoms with van der Waals surface area (Å²) >= 11 is 5.92. The molecule has 1 saturated heterocycles. The number of hydrogen-bond donors (Lipinski definition) is 0. The first-order chi connectivity index (χ1) is 13.4. The van der Waals surface area contributed by atoms with Gasteiger partial charge in [-0.3, -0.25) is 14.8 Å². The topological polar surface area (TPSA) is 63.9 Å². The van der Waals surface area contributed by atoms with Crippen LogP contribution >= 0.6 is 11.6 Å². The van der Waals surface area contributed by atoms with Gasteiger partial charge in [-0.05, 0) is 30.3 Å². The van der Waals surface area contributed by atoms with Crippen LogP contribution in [0.2, 0.25) is 5.02 Å². The van der Waals surface area contributed by atoms with Crippen LogP contribution in [-0.2, 0) is 0 Å². The van der Waals surface area contributed by atoms with Gasteiger partial charge in [0.1, 0.15) is 0 Å². The van der Waals surface area contributed by atoms with Crippen molar-refractivity contribution in [3.8, 4) is 17.1 Å². The maximum atomic E-state index is 13.4. The molecule has 0 saturated carbocycles. The molecule has 0 unspecified atom stereocenters. The molecule has 0 aromatic carbocycles. The molecule has 9 heteroatoms. The van der Waals surface area contributed by atoms with Gasteiger partial charge in [-0.15, -0.1) is 0 Å². The molecule has 0 spiro atoms. The minimum Gasteiger partial charge on any atom is -0.337 e. The zero-order chi connectivity index (χ0) is 19.7. The number of rotatable bonds is 3. The molecule has 1 aliphatic heterocycles. The molecule has 1 fully saturated rings. The third-order valence-electron chi connectivity index (χ3n) is 4.59. The van der Waals surface area contributed by atoms with Crippen molar-refractivity contribution in [1.29, 1.82) is 0 Å². The number of piperidine rings is 1. The zero-order valence-electron chi connectivity index (χ0n) is 14.7. The SMILES string of the molecule is O=C(c1cc(-c2ccc(Cl)cn2)n(-c2cccnc2)n1)N1CCC(F)(F)CC1. The fourth-order valence-corrected chi connectivity index (χ4v) is 3.18. The smallest absolute Gasteiger partial charge is 0.274 e. The molecule has 0 atom stereocenters. The lowest BCUT2D eigenvalue weighted by Gasteiger charge is -2.31. The summed E-state index contributed by atoms with van der Waals surface area (Å²) in [5.41, 5.74) is 1.97. The number of carbonyl (C=O) groups is 1. The van der Waals surface area contributed by atoms with E-state index in [4.69, 9.17) is 11.6 Å². The molecule has 3 aromatic rings. The van der Waals surface area contributed by atoms with Crippen LogP contribution in [0.15, 0.2) is 48.9 Å². The quantitative estimate of drug-likeness (QED) is 0.666. The molecule has 1 amide bonds. The maximum absolute atomic E-state index is 13.4. The third-order valence-corrected chi connectivity index (χ3v) is 4.81. The van der Waals surface area contributed by atoms with Crippen molar-refractivity contribution in [1.82, 2.24) is 24.6 Å². The van der Waals surface area contributed by atoms with E-state index in [1.54, 1.807) is 47.4 Å². The summed E-state index contributed by atoms with van der Waals surface area (Å²) < 4.78 is 28.4. The number of likely N-dealkylation sites (tertiary alicyclic amines) is 1. The molecule has 6 nitrogen and oxygen atoms in total. The van der Waals surface area contributed by atoms with E-state index in [-0.39, 0.29) is 37.5 Å². The predicted molar refractivity (Wildman–Crippen MR) is 99.7 cm³/mol. The van der Waals surface area contributed by atoms with Gasteiger partial charge in [0.2, 0.25) is 0 Å². The Morgan fingerprint density at radius 2 is 1.93 bits per heavy atom. The van der Waals surface area contributed by atoms with Crippen LogP contribution in [0, 0.1) is 0 Å². The van der Waals surface area contributed by atoms with E-state index in [1.165, 1.54) is 11.1 Å². The van der Waals surface area contributed by atoms with E-state index in [9.17, 15) is 13.6 Å². The average molecular weight is 404 g/mol. The Balaban J connectivity index is 1.71. The maximum Gasteiger partial charge on any atom is 0.274 e. The molecule has 0 N–H and O–H groups in total. The number of alkyl halides is 2. The van der Waals surface area contributed by atoms with E-state index in [2.05, 4.69) is 15.1 Å². The summed E-state index contributed by atoms with van der Waals surface area (Å²) in [6, 6.07) is 8.58. The Kier molecular flexibility index (Phi) is 4.80. The fourth-order valence-electron chi connectivity index (χ4n) is 3.07. The molecular formula is C19H16ClF2N5O. The first-order valence-electron chi connectivity index (χ1n) is 8.72. The number of pyridine rings is 2. The second-order valence-electron chi connectivity index (χ2n) is 6.55. The lowest BCUT2D eigenvalue weighted by molar-refractivity contribution is -0.0495. The molecule has 28 heavy (non-hydrogen) atoms. The number of halogens is 3. The summed E-state index contributed by atoms with van der Waals surface area (Å²) in [5.74, 6) is -3.10. The first-order valence-corrected chi connectivity index (χ1v) is 9.10. The van der Waals surface area contributed by atoms with Crippen molar-refractivity contribution in [2.45, 2.75) is 18.8 Å². The molecule has 0 aliphatic carbocycles. The second-order valence-corrected chi connectivity index (χ2v) is 6.98. The van der Waals surface area contributed by atoms with Crippen LogP contribution < -0.4 is 0 Å². The standard InChI is InChI=1S/C19H16ClF2N5O/c20-13-3-4-15(24-11-13)17-10-16(25-27(17)14-2-1-7-23-12-14)18(28)26-8-5-19(21,22)6-9-26/h1-4,7,10-12H,5-6,8-9H2. The van der Waals surface area contributed by atoms with Crippen molar-refractivity contribution in [3.63, 3.8) is 0 Å². The van der Waals surface area contributed by atoms with E-state index >= 15 is 0 Å². The van der Waals surface area contributed by atoms with Crippen molar-refractivity contribution < 1.29 is 13.6 Å². The van der Waals surface area contributed by atoms with Gasteiger partial charge < -0.3 is 4.90 Å². The molecule has 4 heterocycles. The summed E-state index contributed by atoms with van der Waals surface area (Å²) in [6.45, 7) is 0.000226. The van der Waals surface area contributed by atoms with Gasteiger partial charge in [0, 0.05) is 38.3 Å².